The number of benzene rings is 2. The van der Waals surface area contributed by atoms with Crippen molar-refractivity contribution in [3.8, 4) is 0 Å². The predicted molar refractivity (Wildman–Crippen MR) is 93.9 cm³/mol. The Morgan fingerprint density at radius 2 is 1.74 bits per heavy atom. The fourth-order valence-corrected chi connectivity index (χ4v) is 2.26. The molecule has 2 rings (SSSR count). The third kappa shape index (κ3) is 5.30. The first kappa shape index (κ1) is 16.8. The maximum Gasteiger partial charge on any atom is 0.319 e. The fraction of sp³-hybridized carbons (Fsp3) is 0.278. The minimum Gasteiger partial charge on any atom is -0.394 e. The van der Waals surface area contributed by atoms with E-state index in [4.69, 9.17) is 0 Å². The Bertz CT molecular complexity index is 612. The van der Waals surface area contributed by atoms with Crippen LogP contribution in [-0.4, -0.2) is 37.9 Å². The Kier molecular flexibility index (Phi) is 6.00. The molecule has 2 aromatic carbocycles. The third-order valence-electron chi connectivity index (χ3n) is 3.52. The van der Waals surface area contributed by atoms with Crippen LogP contribution in [-0.2, 0) is 6.42 Å². The van der Waals surface area contributed by atoms with Gasteiger partial charge < -0.3 is 20.6 Å². The molecule has 0 spiro atoms. The summed E-state index contributed by atoms with van der Waals surface area (Å²) in [5.41, 5.74) is 2.85. The van der Waals surface area contributed by atoms with E-state index in [1.54, 1.807) is 0 Å². The molecule has 0 aliphatic rings. The summed E-state index contributed by atoms with van der Waals surface area (Å²) in [7, 11) is 3.93. The summed E-state index contributed by atoms with van der Waals surface area (Å²) in [6, 6.07) is 16.7. The normalized spacial score (nSPS) is 11.6. The van der Waals surface area contributed by atoms with Gasteiger partial charge in [-0.1, -0.05) is 30.3 Å². The summed E-state index contributed by atoms with van der Waals surface area (Å²) in [5, 5.41) is 15.0. The van der Waals surface area contributed by atoms with Gasteiger partial charge >= 0.3 is 6.03 Å². The number of nitrogens with zero attached hydrogens (tertiary/aromatic N) is 1. The smallest absolute Gasteiger partial charge is 0.319 e. The molecule has 0 aliphatic heterocycles. The van der Waals surface area contributed by atoms with Crippen molar-refractivity contribution < 1.29 is 9.90 Å². The van der Waals surface area contributed by atoms with Crippen LogP contribution in [0, 0.1) is 0 Å². The highest BCUT2D eigenvalue weighted by atomic mass is 16.3. The van der Waals surface area contributed by atoms with Crippen LogP contribution in [0.5, 0.6) is 0 Å². The Hall–Kier alpha value is -2.53. The van der Waals surface area contributed by atoms with Crippen molar-refractivity contribution in [3.63, 3.8) is 0 Å². The van der Waals surface area contributed by atoms with Crippen LogP contribution < -0.4 is 15.5 Å². The zero-order valence-corrected chi connectivity index (χ0v) is 13.5. The lowest BCUT2D eigenvalue weighted by Gasteiger charge is -2.17. The van der Waals surface area contributed by atoms with E-state index in [0.717, 1.165) is 11.3 Å². The first-order valence-corrected chi connectivity index (χ1v) is 7.58. The number of aliphatic hydroxyl groups is 1. The number of anilines is 2. The predicted octanol–water partition coefficient (Wildman–Crippen LogP) is 2.48. The van der Waals surface area contributed by atoms with Crippen molar-refractivity contribution in [1.29, 1.82) is 0 Å². The lowest BCUT2D eigenvalue weighted by atomic mass is 10.1. The summed E-state index contributed by atoms with van der Waals surface area (Å²) >= 11 is 0. The lowest BCUT2D eigenvalue weighted by molar-refractivity contribution is 0.224. The van der Waals surface area contributed by atoms with Crippen molar-refractivity contribution in [1.82, 2.24) is 5.32 Å². The molecule has 0 saturated heterocycles. The van der Waals surface area contributed by atoms with Gasteiger partial charge in [-0.05, 0) is 36.2 Å². The van der Waals surface area contributed by atoms with E-state index in [1.165, 1.54) is 0 Å². The minimum absolute atomic E-state index is 0.109. The summed E-state index contributed by atoms with van der Waals surface area (Å²) in [6.07, 6.45) is 0.588. The highest BCUT2D eigenvalue weighted by Gasteiger charge is 2.12. The fourth-order valence-electron chi connectivity index (χ4n) is 2.26. The van der Waals surface area contributed by atoms with Crippen LogP contribution in [0.3, 0.4) is 0 Å². The van der Waals surface area contributed by atoms with Crippen LogP contribution in [0.25, 0.3) is 0 Å². The number of hydrogen-bond acceptors (Lipinski definition) is 3. The third-order valence-corrected chi connectivity index (χ3v) is 3.52. The van der Waals surface area contributed by atoms with E-state index < -0.39 is 0 Å². The topological polar surface area (TPSA) is 64.6 Å². The summed E-state index contributed by atoms with van der Waals surface area (Å²) in [5.74, 6) is 0. The monoisotopic (exact) mass is 313 g/mol. The van der Waals surface area contributed by atoms with Crippen molar-refractivity contribution in [3.05, 3.63) is 60.2 Å². The molecule has 5 nitrogen and oxygen atoms in total. The number of carbonyl (C=O) groups excluding carboxylic acids is 1. The quantitative estimate of drug-likeness (QED) is 0.767. The molecule has 0 heterocycles. The van der Waals surface area contributed by atoms with Gasteiger partial charge in [-0.2, -0.15) is 0 Å². The van der Waals surface area contributed by atoms with Crippen LogP contribution in [0.15, 0.2) is 54.6 Å². The van der Waals surface area contributed by atoms with Gasteiger partial charge in [0.2, 0.25) is 0 Å². The summed E-state index contributed by atoms with van der Waals surface area (Å²) < 4.78 is 0. The minimum atomic E-state index is -0.322. The van der Waals surface area contributed by atoms with Gasteiger partial charge in [-0.3, -0.25) is 0 Å². The number of hydrogen-bond donors (Lipinski definition) is 3. The van der Waals surface area contributed by atoms with E-state index in [1.807, 2.05) is 73.6 Å². The molecule has 1 unspecified atom stereocenters. The maximum atomic E-state index is 12.0. The average Bonchev–Trinajstić information content (AvgIpc) is 2.55. The highest BCUT2D eigenvalue weighted by molar-refractivity contribution is 5.89. The molecule has 2 amide bonds. The standard InChI is InChI=1S/C18H23N3O2/c1-21(2)17-10-8-15(9-11-17)19-18(23)20-16(13-22)12-14-6-4-3-5-7-14/h3-11,16,22H,12-13H2,1-2H3,(H2,19,20,23). The molecule has 0 saturated carbocycles. The van der Waals surface area contributed by atoms with Gasteiger partial charge in [-0.15, -0.1) is 0 Å². The number of urea groups is 1. The maximum absolute atomic E-state index is 12.0. The number of nitrogens with one attached hydrogen (secondary N) is 2. The zero-order valence-electron chi connectivity index (χ0n) is 13.5. The van der Waals surface area contributed by atoms with Gasteiger partial charge in [-0.25, -0.2) is 4.79 Å². The Balaban J connectivity index is 1.89. The average molecular weight is 313 g/mol. The molecule has 3 N–H and O–H groups in total. The first-order chi connectivity index (χ1) is 11.1. The van der Waals surface area contributed by atoms with Crippen molar-refractivity contribution in [2.45, 2.75) is 12.5 Å². The van der Waals surface area contributed by atoms with E-state index in [0.29, 0.717) is 12.1 Å². The summed E-state index contributed by atoms with van der Waals surface area (Å²) in [4.78, 5) is 14.0. The second-order valence-electron chi connectivity index (χ2n) is 5.61. The van der Waals surface area contributed by atoms with Gasteiger partial charge in [0.1, 0.15) is 0 Å². The van der Waals surface area contributed by atoms with E-state index in [2.05, 4.69) is 10.6 Å². The van der Waals surface area contributed by atoms with E-state index in [9.17, 15) is 9.90 Å². The van der Waals surface area contributed by atoms with Crippen molar-refractivity contribution in [2.75, 3.05) is 30.9 Å². The molecule has 122 valence electrons. The zero-order chi connectivity index (χ0) is 16.7. The number of carbonyl (C=O) groups is 1. The van der Waals surface area contributed by atoms with Crippen LogP contribution >= 0.6 is 0 Å². The molecule has 0 fully saturated rings. The molecule has 5 heteroatoms. The SMILES string of the molecule is CN(C)c1ccc(NC(=O)NC(CO)Cc2ccccc2)cc1. The molecular weight excluding hydrogens is 290 g/mol. The summed E-state index contributed by atoms with van der Waals surface area (Å²) in [6.45, 7) is -0.109. The molecule has 2 aromatic rings. The molecular formula is C18H23N3O2. The number of aliphatic hydroxyl groups excluding tert-OH is 1. The number of amides is 2. The first-order valence-electron chi connectivity index (χ1n) is 7.58. The molecule has 0 aromatic heterocycles. The molecule has 0 aliphatic carbocycles. The van der Waals surface area contributed by atoms with Gasteiger partial charge in [0.25, 0.3) is 0 Å². The van der Waals surface area contributed by atoms with Gasteiger partial charge in [0.05, 0.1) is 12.6 Å². The highest BCUT2D eigenvalue weighted by Crippen LogP contribution is 2.15. The van der Waals surface area contributed by atoms with Crippen LogP contribution in [0.1, 0.15) is 5.56 Å². The Morgan fingerprint density at radius 3 is 2.30 bits per heavy atom. The van der Waals surface area contributed by atoms with E-state index in [-0.39, 0.29) is 18.7 Å². The second-order valence-corrected chi connectivity index (χ2v) is 5.61. The Labute approximate surface area is 136 Å². The molecule has 0 radical (unpaired) electrons. The Morgan fingerprint density at radius 1 is 1.09 bits per heavy atom. The lowest BCUT2D eigenvalue weighted by Crippen LogP contribution is -2.41. The largest absolute Gasteiger partial charge is 0.394 e. The number of rotatable bonds is 6. The molecule has 1 atom stereocenters. The van der Waals surface area contributed by atoms with Crippen molar-refractivity contribution >= 4 is 17.4 Å². The van der Waals surface area contributed by atoms with Gasteiger partial charge in [0.15, 0.2) is 0 Å². The van der Waals surface area contributed by atoms with Crippen molar-refractivity contribution in [2.24, 2.45) is 0 Å². The van der Waals surface area contributed by atoms with Gasteiger partial charge in [0, 0.05) is 25.5 Å². The molecule has 0 bridgehead atoms. The van der Waals surface area contributed by atoms with Crippen LogP contribution in [0.2, 0.25) is 0 Å². The van der Waals surface area contributed by atoms with E-state index >= 15 is 0 Å². The molecule has 23 heavy (non-hydrogen) atoms. The second kappa shape index (κ2) is 8.19. The van der Waals surface area contributed by atoms with Crippen LogP contribution in [0.4, 0.5) is 16.2 Å².